The van der Waals surface area contributed by atoms with Crippen molar-refractivity contribution in [3.05, 3.63) is 89.5 Å². The molecule has 1 unspecified atom stereocenters. The van der Waals surface area contributed by atoms with Crippen LogP contribution in [0.4, 0.5) is 8.78 Å². The number of methoxy groups -OCH3 is 1. The number of benzene rings is 3. The highest BCUT2D eigenvalue weighted by atomic mass is 19.1. The van der Waals surface area contributed by atoms with Crippen LogP contribution in [0.1, 0.15) is 17.0 Å². The second-order valence-corrected chi connectivity index (χ2v) is 5.91. The molecule has 0 heterocycles. The van der Waals surface area contributed by atoms with E-state index in [0.717, 1.165) is 12.1 Å². The van der Waals surface area contributed by atoms with Gasteiger partial charge in [-0.1, -0.05) is 54.6 Å². The number of carbonyl (C=O) groups is 1. The first-order valence-electron chi connectivity index (χ1n) is 8.17. The molecule has 0 spiro atoms. The van der Waals surface area contributed by atoms with E-state index in [1.807, 2.05) is 6.07 Å². The molecule has 0 saturated heterocycles. The average molecular weight is 369 g/mol. The summed E-state index contributed by atoms with van der Waals surface area (Å²) in [4.78, 5) is 12.2. The fourth-order valence-electron chi connectivity index (χ4n) is 2.97. The predicted molar refractivity (Wildman–Crippen MR) is 96.6 cm³/mol. The lowest BCUT2D eigenvalue weighted by Gasteiger charge is -2.16. The number of carbonyl (C=O) groups excluding carboxylic acids is 1. The van der Waals surface area contributed by atoms with E-state index in [1.165, 1.54) is 7.11 Å². The number of halogens is 2. The third-order valence-electron chi connectivity index (χ3n) is 4.30. The second-order valence-electron chi connectivity index (χ2n) is 5.91. The lowest BCUT2D eigenvalue weighted by Crippen LogP contribution is -2.27. The van der Waals surface area contributed by atoms with E-state index in [2.05, 4.69) is 0 Å². The number of amides is 1. The Hall–Kier alpha value is -3.25. The maximum absolute atomic E-state index is 14.3. The molecule has 0 aliphatic rings. The summed E-state index contributed by atoms with van der Waals surface area (Å²) in [5.41, 5.74) is 3.51. The molecular weight excluding hydrogens is 352 g/mol. The Kier molecular flexibility index (Phi) is 5.47. The average Bonchev–Trinajstić information content (AvgIpc) is 2.71. The molecule has 0 radical (unpaired) electrons. The Morgan fingerprint density at radius 2 is 1.59 bits per heavy atom. The Bertz CT molecular complexity index is 944. The number of hydrogen-bond donors (Lipinski definition) is 2. The second kappa shape index (κ2) is 7.97. The summed E-state index contributed by atoms with van der Waals surface area (Å²) in [6.45, 7) is 0. The number of rotatable bonds is 5. The molecule has 0 bridgehead atoms. The molecule has 0 aliphatic heterocycles. The third-order valence-corrected chi connectivity index (χ3v) is 4.30. The molecule has 2 N–H and O–H groups in total. The van der Waals surface area contributed by atoms with Gasteiger partial charge in [0, 0.05) is 11.6 Å². The molecule has 6 heteroatoms. The summed E-state index contributed by atoms with van der Waals surface area (Å²) >= 11 is 0. The van der Waals surface area contributed by atoms with Gasteiger partial charge < -0.3 is 4.74 Å². The summed E-state index contributed by atoms with van der Waals surface area (Å²) < 4.78 is 33.0. The van der Waals surface area contributed by atoms with Gasteiger partial charge in [0.1, 0.15) is 5.82 Å². The first kappa shape index (κ1) is 18.5. The maximum Gasteiger partial charge on any atom is 0.255 e. The molecule has 1 atom stereocenters. The van der Waals surface area contributed by atoms with E-state index < -0.39 is 23.5 Å². The monoisotopic (exact) mass is 369 g/mol. The van der Waals surface area contributed by atoms with Crippen molar-refractivity contribution in [3.8, 4) is 16.9 Å². The molecule has 4 nitrogen and oxygen atoms in total. The van der Waals surface area contributed by atoms with E-state index in [0.29, 0.717) is 16.7 Å². The zero-order valence-corrected chi connectivity index (χ0v) is 14.4. The van der Waals surface area contributed by atoms with Crippen molar-refractivity contribution in [2.24, 2.45) is 0 Å². The van der Waals surface area contributed by atoms with Crippen LogP contribution in [0.15, 0.2) is 66.7 Å². The van der Waals surface area contributed by atoms with Crippen LogP contribution in [0.5, 0.6) is 5.75 Å². The van der Waals surface area contributed by atoms with Crippen molar-refractivity contribution in [2.45, 2.75) is 5.92 Å². The smallest absolute Gasteiger partial charge is 0.255 e. The fourth-order valence-corrected chi connectivity index (χ4v) is 2.97. The van der Waals surface area contributed by atoms with E-state index in [-0.39, 0.29) is 11.3 Å². The van der Waals surface area contributed by atoms with Crippen LogP contribution >= 0.6 is 0 Å². The van der Waals surface area contributed by atoms with Crippen LogP contribution in [0.3, 0.4) is 0 Å². The summed E-state index contributed by atoms with van der Waals surface area (Å²) in [7, 11) is 1.27. The quantitative estimate of drug-likeness (QED) is 0.521. The van der Waals surface area contributed by atoms with Crippen molar-refractivity contribution >= 4 is 5.91 Å². The molecule has 138 valence electrons. The lowest BCUT2D eigenvalue weighted by molar-refractivity contribution is -0.129. The van der Waals surface area contributed by atoms with Crippen molar-refractivity contribution in [1.29, 1.82) is 0 Å². The lowest BCUT2D eigenvalue weighted by atomic mass is 9.89. The zero-order valence-electron chi connectivity index (χ0n) is 14.4. The highest BCUT2D eigenvalue weighted by molar-refractivity contribution is 5.86. The molecule has 0 aliphatic carbocycles. The topological polar surface area (TPSA) is 58.6 Å². The largest absolute Gasteiger partial charge is 0.494 e. The number of ether oxygens (including phenoxy) is 1. The molecule has 0 aromatic heterocycles. The van der Waals surface area contributed by atoms with Gasteiger partial charge >= 0.3 is 0 Å². The van der Waals surface area contributed by atoms with Crippen molar-refractivity contribution in [1.82, 2.24) is 5.48 Å². The SMILES string of the molecule is COc1cc(F)c(-c2ccc(C(C(=O)NO)c3ccccc3)cc2)cc1F. The van der Waals surface area contributed by atoms with Gasteiger partial charge in [-0.05, 0) is 22.8 Å². The van der Waals surface area contributed by atoms with Gasteiger partial charge in [-0.25, -0.2) is 14.3 Å². The Morgan fingerprint density at radius 1 is 0.963 bits per heavy atom. The molecule has 0 fully saturated rings. The van der Waals surface area contributed by atoms with Gasteiger partial charge in [-0.3, -0.25) is 10.0 Å². The molecule has 0 saturated carbocycles. The van der Waals surface area contributed by atoms with Crippen LogP contribution in [0.2, 0.25) is 0 Å². The minimum atomic E-state index is -0.734. The van der Waals surface area contributed by atoms with E-state index in [4.69, 9.17) is 9.94 Å². The van der Waals surface area contributed by atoms with Crippen LogP contribution in [0.25, 0.3) is 11.1 Å². The predicted octanol–water partition coefficient (Wildman–Crippen LogP) is 4.28. The first-order valence-corrected chi connectivity index (χ1v) is 8.17. The van der Waals surface area contributed by atoms with E-state index in [1.54, 1.807) is 54.0 Å². The standard InChI is InChI=1S/C21H17F2NO3/c1-27-19-12-17(22)16(11-18(19)23)13-7-9-15(10-8-13)20(21(25)24-26)14-5-3-2-4-6-14/h2-12,20,26H,1H3,(H,24,25). The first-order chi connectivity index (χ1) is 13.0. The normalized spacial score (nSPS) is 11.7. The van der Waals surface area contributed by atoms with Crippen LogP contribution in [-0.4, -0.2) is 18.2 Å². The van der Waals surface area contributed by atoms with Crippen molar-refractivity contribution in [3.63, 3.8) is 0 Å². The van der Waals surface area contributed by atoms with Gasteiger partial charge in [0.25, 0.3) is 5.91 Å². The van der Waals surface area contributed by atoms with Gasteiger partial charge in [0.05, 0.1) is 13.0 Å². The zero-order chi connectivity index (χ0) is 19.4. The van der Waals surface area contributed by atoms with Crippen molar-refractivity contribution < 1.29 is 23.5 Å². The van der Waals surface area contributed by atoms with E-state index >= 15 is 0 Å². The van der Waals surface area contributed by atoms with Gasteiger partial charge in [0.2, 0.25) is 0 Å². The Balaban J connectivity index is 1.99. The van der Waals surface area contributed by atoms with Gasteiger partial charge in [-0.2, -0.15) is 0 Å². The third kappa shape index (κ3) is 3.80. The Morgan fingerprint density at radius 3 is 2.19 bits per heavy atom. The molecular formula is C21H17F2NO3. The fraction of sp³-hybridized carbons (Fsp3) is 0.0952. The van der Waals surface area contributed by atoms with Gasteiger partial charge in [0.15, 0.2) is 11.6 Å². The van der Waals surface area contributed by atoms with Crippen LogP contribution < -0.4 is 10.2 Å². The Labute approximate surface area is 155 Å². The number of nitrogens with one attached hydrogen (secondary N) is 1. The molecule has 1 amide bonds. The summed E-state index contributed by atoms with van der Waals surface area (Å²) in [6, 6.07) is 17.5. The minimum Gasteiger partial charge on any atom is -0.494 e. The van der Waals surface area contributed by atoms with Crippen molar-refractivity contribution in [2.75, 3.05) is 7.11 Å². The molecule has 3 rings (SSSR count). The maximum atomic E-state index is 14.3. The summed E-state index contributed by atoms with van der Waals surface area (Å²) in [5.74, 6) is -2.77. The number of hydroxylamine groups is 1. The molecule has 3 aromatic rings. The molecule has 27 heavy (non-hydrogen) atoms. The summed E-state index contributed by atoms with van der Waals surface area (Å²) in [5, 5.41) is 9.07. The highest BCUT2D eigenvalue weighted by Gasteiger charge is 2.22. The molecule has 3 aromatic carbocycles. The van der Waals surface area contributed by atoms with Crippen LogP contribution in [0, 0.1) is 11.6 Å². The highest BCUT2D eigenvalue weighted by Crippen LogP contribution is 2.31. The van der Waals surface area contributed by atoms with Gasteiger partial charge in [-0.15, -0.1) is 0 Å². The van der Waals surface area contributed by atoms with E-state index in [9.17, 15) is 13.6 Å². The minimum absolute atomic E-state index is 0.0859. The number of hydrogen-bond acceptors (Lipinski definition) is 3. The van der Waals surface area contributed by atoms with Crippen LogP contribution in [-0.2, 0) is 4.79 Å². The summed E-state index contributed by atoms with van der Waals surface area (Å²) in [6.07, 6.45) is 0.